The second-order valence-electron chi connectivity index (χ2n) is 9.47. The predicted molar refractivity (Wildman–Crippen MR) is 110 cm³/mol. The van der Waals surface area contributed by atoms with Crippen LogP contribution >= 0.6 is 15.9 Å². The number of rotatable bonds is 4. The number of carboxylic acids is 2. The maximum Gasteiger partial charge on any atom is 0.303 e. The van der Waals surface area contributed by atoms with E-state index in [4.69, 9.17) is 0 Å². The molecule has 2 saturated carbocycles. The van der Waals surface area contributed by atoms with E-state index in [1.54, 1.807) is 6.07 Å². The molecule has 7 nitrogen and oxygen atoms in total. The first-order valence-electron chi connectivity index (χ1n) is 10.1. The average Bonchev–Trinajstić information content (AvgIpc) is 2.84. The number of aromatic hydroxyl groups is 1. The molecule has 0 radical (unpaired) electrons. The van der Waals surface area contributed by atoms with Crippen LogP contribution < -0.4 is 0 Å². The van der Waals surface area contributed by atoms with Gasteiger partial charge in [-0.2, -0.15) is 0 Å². The maximum absolute atomic E-state index is 13.2. The van der Waals surface area contributed by atoms with Crippen molar-refractivity contribution in [3.05, 3.63) is 29.3 Å². The van der Waals surface area contributed by atoms with Crippen LogP contribution in [0.2, 0.25) is 0 Å². The molecule has 0 aliphatic heterocycles. The zero-order chi connectivity index (χ0) is 22.0. The number of alkyl halides is 1. The van der Waals surface area contributed by atoms with Crippen LogP contribution in [0.4, 0.5) is 0 Å². The molecule has 6 atom stereocenters. The number of ketones is 1. The van der Waals surface area contributed by atoms with Gasteiger partial charge in [0.25, 0.3) is 0 Å². The standard InChI is InChI=1S/C22H25BrO7/c1-21-5-4-12-11-3-2-10(24)6-13(11)19(30)18(23)17(12)20(21)22(7-14(21)25,8-15(26)27)9-16(28)29/h2-3,6,12,14,17-18,20,24-25H,4-5,7-9H2,1H3,(H,26,27)(H,28,29)/t12-,14+,17+,18?,20+,21-/m1/s1. The Morgan fingerprint density at radius 1 is 1.20 bits per heavy atom. The summed E-state index contributed by atoms with van der Waals surface area (Å²) < 4.78 is 0. The van der Waals surface area contributed by atoms with Crippen LogP contribution in [0.1, 0.15) is 60.9 Å². The lowest BCUT2D eigenvalue weighted by atomic mass is 9.50. The van der Waals surface area contributed by atoms with E-state index in [0.29, 0.717) is 18.4 Å². The Balaban J connectivity index is 1.89. The van der Waals surface area contributed by atoms with E-state index < -0.39 is 39.6 Å². The van der Waals surface area contributed by atoms with Gasteiger partial charge in [0.2, 0.25) is 0 Å². The third kappa shape index (κ3) is 2.99. The molecule has 0 bridgehead atoms. The number of hydrogen-bond acceptors (Lipinski definition) is 5. The highest BCUT2D eigenvalue weighted by atomic mass is 79.9. The Labute approximate surface area is 182 Å². The monoisotopic (exact) mass is 480 g/mol. The van der Waals surface area contributed by atoms with Crippen molar-refractivity contribution in [2.45, 2.75) is 55.9 Å². The first-order chi connectivity index (χ1) is 14.0. The molecule has 0 amide bonds. The van der Waals surface area contributed by atoms with E-state index in [9.17, 15) is 34.8 Å². The van der Waals surface area contributed by atoms with Crippen LogP contribution in [0, 0.1) is 22.7 Å². The molecule has 3 aliphatic rings. The first-order valence-corrected chi connectivity index (χ1v) is 11.0. The lowest BCUT2D eigenvalue weighted by Crippen LogP contribution is -2.53. The van der Waals surface area contributed by atoms with Crippen molar-refractivity contribution in [3.8, 4) is 5.75 Å². The van der Waals surface area contributed by atoms with Crippen molar-refractivity contribution in [3.63, 3.8) is 0 Å². The Hall–Kier alpha value is -1.93. The van der Waals surface area contributed by atoms with Gasteiger partial charge in [-0.25, -0.2) is 0 Å². The molecular weight excluding hydrogens is 456 g/mol. The molecule has 162 valence electrons. The Morgan fingerprint density at radius 3 is 2.43 bits per heavy atom. The molecular formula is C22H25BrO7. The number of phenols is 1. The van der Waals surface area contributed by atoms with Crippen molar-refractivity contribution >= 4 is 33.7 Å². The van der Waals surface area contributed by atoms with Crippen molar-refractivity contribution < 1.29 is 34.8 Å². The minimum atomic E-state index is -1.14. The summed E-state index contributed by atoms with van der Waals surface area (Å²) in [6, 6.07) is 4.74. The maximum atomic E-state index is 13.2. The van der Waals surface area contributed by atoms with Gasteiger partial charge in [-0.05, 0) is 65.5 Å². The average molecular weight is 481 g/mol. The highest BCUT2D eigenvalue weighted by Crippen LogP contribution is 2.69. The number of hydrogen-bond donors (Lipinski definition) is 4. The smallest absolute Gasteiger partial charge is 0.303 e. The summed E-state index contributed by atoms with van der Waals surface area (Å²) in [6.45, 7) is 1.90. The Kier molecular flexibility index (Phi) is 5.01. The van der Waals surface area contributed by atoms with Crippen LogP contribution in [-0.2, 0) is 9.59 Å². The van der Waals surface area contributed by atoms with Gasteiger partial charge < -0.3 is 20.4 Å². The molecule has 3 aliphatic carbocycles. The predicted octanol–water partition coefficient (Wildman–Crippen LogP) is 3.17. The molecule has 1 unspecified atom stereocenters. The number of fused-ring (bicyclic) bond motifs is 5. The summed E-state index contributed by atoms with van der Waals surface area (Å²) >= 11 is 3.55. The molecule has 4 N–H and O–H groups in total. The van der Waals surface area contributed by atoms with Gasteiger partial charge in [0, 0.05) is 5.56 Å². The minimum absolute atomic E-state index is 0.00304. The van der Waals surface area contributed by atoms with Gasteiger partial charge in [-0.1, -0.05) is 28.9 Å². The van der Waals surface area contributed by atoms with Gasteiger partial charge in [0.15, 0.2) is 5.78 Å². The summed E-state index contributed by atoms with van der Waals surface area (Å²) in [5.41, 5.74) is -0.563. The molecule has 30 heavy (non-hydrogen) atoms. The minimum Gasteiger partial charge on any atom is -0.508 e. The van der Waals surface area contributed by atoms with Gasteiger partial charge in [0.1, 0.15) is 5.75 Å². The summed E-state index contributed by atoms with van der Waals surface area (Å²) in [4.78, 5) is 36.1. The van der Waals surface area contributed by atoms with Gasteiger partial charge in [-0.15, -0.1) is 0 Å². The lowest BCUT2D eigenvalue weighted by molar-refractivity contribution is -0.147. The zero-order valence-corrected chi connectivity index (χ0v) is 18.1. The number of carbonyl (C=O) groups is 3. The highest BCUT2D eigenvalue weighted by Gasteiger charge is 2.67. The number of aliphatic hydroxyl groups is 1. The molecule has 2 fully saturated rings. The van der Waals surface area contributed by atoms with Gasteiger partial charge >= 0.3 is 11.9 Å². The molecule has 4 rings (SSSR count). The number of halogens is 1. The second-order valence-corrected chi connectivity index (χ2v) is 10.5. The van der Waals surface area contributed by atoms with Crippen LogP contribution in [0.3, 0.4) is 0 Å². The topological polar surface area (TPSA) is 132 Å². The number of Topliss-reactive ketones (excluding diaryl/α,β-unsaturated/α-hetero) is 1. The number of phenolic OH excluding ortho intramolecular Hbond substituents is 1. The highest BCUT2D eigenvalue weighted by molar-refractivity contribution is 9.10. The summed E-state index contributed by atoms with van der Waals surface area (Å²) in [5, 5.41) is 40.1. The molecule has 0 heterocycles. The summed E-state index contributed by atoms with van der Waals surface area (Å²) in [6.07, 6.45) is -0.176. The third-order valence-electron chi connectivity index (χ3n) is 7.87. The quantitative estimate of drug-likeness (QED) is 0.486. The van der Waals surface area contributed by atoms with Crippen LogP contribution in [0.25, 0.3) is 0 Å². The molecule has 1 aromatic carbocycles. The SMILES string of the molecule is C[C@]12CC[C@@H]3c4ccc(O)cc4C(=O)C(Br)[C@H]3[C@@H]1C(CC(=O)O)(CC(=O)O)C[C@@H]2O. The van der Waals surface area contributed by atoms with Crippen LogP contribution in [0.5, 0.6) is 5.75 Å². The fourth-order valence-corrected chi connectivity index (χ4v) is 7.80. The van der Waals surface area contributed by atoms with E-state index in [1.165, 1.54) is 12.1 Å². The Morgan fingerprint density at radius 2 is 1.83 bits per heavy atom. The van der Waals surface area contributed by atoms with E-state index in [2.05, 4.69) is 15.9 Å². The van der Waals surface area contributed by atoms with Crippen LogP contribution in [0.15, 0.2) is 18.2 Å². The van der Waals surface area contributed by atoms with Crippen molar-refractivity contribution in [1.29, 1.82) is 0 Å². The van der Waals surface area contributed by atoms with Gasteiger partial charge in [0.05, 0.1) is 23.8 Å². The number of aliphatic carboxylic acids is 2. The van der Waals surface area contributed by atoms with Crippen molar-refractivity contribution in [1.82, 2.24) is 0 Å². The fraction of sp³-hybridized carbons (Fsp3) is 0.591. The van der Waals surface area contributed by atoms with E-state index in [-0.39, 0.29) is 42.6 Å². The van der Waals surface area contributed by atoms with E-state index in [0.717, 1.165) is 5.56 Å². The molecule has 0 spiro atoms. The molecule has 0 aromatic heterocycles. The molecule has 1 aromatic rings. The fourth-order valence-electron chi connectivity index (χ4n) is 6.88. The number of carbonyl (C=O) groups excluding carboxylic acids is 1. The number of benzene rings is 1. The third-order valence-corrected chi connectivity index (χ3v) is 8.90. The Bertz CT molecular complexity index is 912. The van der Waals surface area contributed by atoms with Crippen molar-refractivity contribution in [2.24, 2.45) is 22.7 Å². The summed E-state index contributed by atoms with van der Waals surface area (Å²) in [7, 11) is 0. The van der Waals surface area contributed by atoms with Gasteiger partial charge in [-0.3, -0.25) is 14.4 Å². The van der Waals surface area contributed by atoms with Crippen molar-refractivity contribution in [2.75, 3.05) is 0 Å². The number of aliphatic hydroxyl groups excluding tert-OH is 1. The molecule has 8 heteroatoms. The zero-order valence-electron chi connectivity index (χ0n) is 16.5. The van der Waals surface area contributed by atoms with E-state index >= 15 is 0 Å². The van der Waals surface area contributed by atoms with E-state index in [1.807, 2.05) is 6.92 Å². The summed E-state index contributed by atoms with van der Waals surface area (Å²) in [5.74, 6) is -3.30. The normalized spacial score (nSPS) is 36.5. The lowest BCUT2D eigenvalue weighted by Gasteiger charge is -2.55. The largest absolute Gasteiger partial charge is 0.508 e. The second kappa shape index (κ2) is 7.05. The first kappa shape index (κ1) is 21.3. The molecule has 0 saturated heterocycles. The number of carboxylic acid groups (broad SMARTS) is 2. The van der Waals surface area contributed by atoms with Crippen LogP contribution in [-0.4, -0.2) is 49.1 Å².